The maximum absolute atomic E-state index is 4.50. The minimum Gasteiger partial charge on any atom is -0.305 e. The second kappa shape index (κ2) is 7.50. The Labute approximate surface area is 156 Å². The minimum absolute atomic E-state index is 0.222. The molecule has 0 saturated heterocycles. The highest BCUT2D eigenvalue weighted by Crippen LogP contribution is 2.23. The summed E-state index contributed by atoms with van der Waals surface area (Å²) in [6.45, 7) is 1.89. The van der Waals surface area contributed by atoms with Gasteiger partial charge in [0.15, 0.2) is 0 Å². The smallest absolute Gasteiger partial charge is 0.0537 e. The van der Waals surface area contributed by atoms with Crippen molar-refractivity contribution in [3.63, 3.8) is 0 Å². The van der Waals surface area contributed by atoms with Crippen molar-refractivity contribution < 1.29 is 0 Å². The lowest BCUT2D eigenvalue weighted by Crippen LogP contribution is -2.23. The van der Waals surface area contributed by atoms with Crippen LogP contribution in [0.5, 0.6) is 0 Å². The topological polar surface area (TPSA) is 42.7 Å². The number of nitrogens with zero attached hydrogens (tertiary/aromatic N) is 3. The molecular formula is C20H21BrN4. The van der Waals surface area contributed by atoms with Crippen molar-refractivity contribution in [2.45, 2.75) is 38.4 Å². The minimum atomic E-state index is 0.222. The van der Waals surface area contributed by atoms with Crippen LogP contribution in [0.15, 0.2) is 59.3 Å². The van der Waals surface area contributed by atoms with Crippen LogP contribution in [0.25, 0.3) is 0 Å². The molecule has 1 aromatic carbocycles. The lowest BCUT2D eigenvalue weighted by Gasteiger charge is -2.19. The Morgan fingerprint density at radius 3 is 2.84 bits per heavy atom. The molecule has 0 radical (unpaired) electrons. The average Bonchev–Trinajstić information content (AvgIpc) is 3.24. The molecule has 128 valence electrons. The van der Waals surface area contributed by atoms with Gasteiger partial charge in [0.05, 0.1) is 6.20 Å². The summed E-state index contributed by atoms with van der Waals surface area (Å²) >= 11 is 3.52. The third kappa shape index (κ3) is 3.83. The van der Waals surface area contributed by atoms with Crippen molar-refractivity contribution in [1.29, 1.82) is 0 Å². The van der Waals surface area contributed by atoms with Gasteiger partial charge in [-0.15, -0.1) is 0 Å². The number of aryl methyl sites for hydroxylation is 1. The van der Waals surface area contributed by atoms with Gasteiger partial charge in [0.1, 0.15) is 0 Å². The SMILES string of the molecule is Brc1ccc(C(Cc2ccccn2)NCc2cnn3c2CCC3)cc1. The van der Waals surface area contributed by atoms with Gasteiger partial charge >= 0.3 is 0 Å². The molecule has 0 amide bonds. The van der Waals surface area contributed by atoms with Gasteiger partial charge in [-0.25, -0.2) is 0 Å². The summed E-state index contributed by atoms with van der Waals surface area (Å²) in [7, 11) is 0. The zero-order valence-corrected chi connectivity index (χ0v) is 15.6. The lowest BCUT2D eigenvalue weighted by atomic mass is 10.0. The van der Waals surface area contributed by atoms with E-state index in [4.69, 9.17) is 0 Å². The largest absolute Gasteiger partial charge is 0.305 e. The highest BCUT2D eigenvalue weighted by molar-refractivity contribution is 9.10. The average molecular weight is 397 g/mol. The molecule has 0 saturated carbocycles. The number of nitrogens with one attached hydrogen (secondary N) is 1. The summed E-state index contributed by atoms with van der Waals surface area (Å²) in [4.78, 5) is 4.50. The number of pyridine rings is 1. The van der Waals surface area contributed by atoms with Gasteiger partial charge < -0.3 is 5.32 Å². The van der Waals surface area contributed by atoms with Crippen LogP contribution >= 0.6 is 15.9 Å². The Bertz CT molecular complexity index is 827. The fourth-order valence-electron chi connectivity index (χ4n) is 3.44. The van der Waals surface area contributed by atoms with Crippen LogP contribution in [-0.2, 0) is 25.9 Å². The van der Waals surface area contributed by atoms with Gasteiger partial charge in [0.25, 0.3) is 0 Å². The number of fused-ring (bicyclic) bond motifs is 1. The number of rotatable bonds is 6. The van der Waals surface area contributed by atoms with Gasteiger partial charge in [-0.2, -0.15) is 5.10 Å². The third-order valence-corrected chi connectivity index (χ3v) is 5.30. The predicted molar refractivity (Wildman–Crippen MR) is 102 cm³/mol. The zero-order valence-electron chi connectivity index (χ0n) is 14.0. The van der Waals surface area contributed by atoms with Crippen molar-refractivity contribution in [2.24, 2.45) is 0 Å². The molecule has 4 rings (SSSR count). The van der Waals surface area contributed by atoms with Gasteiger partial charge in [0.2, 0.25) is 0 Å². The van der Waals surface area contributed by atoms with E-state index in [0.29, 0.717) is 0 Å². The van der Waals surface area contributed by atoms with E-state index in [0.717, 1.165) is 36.1 Å². The molecule has 4 nitrogen and oxygen atoms in total. The monoisotopic (exact) mass is 396 g/mol. The first kappa shape index (κ1) is 16.5. The molecule has 1 aliphatic heterocycles. The van der Waals surface area contributed by atoms with E-state index < -0.39 is 0 Å². The van der Waals surface area contributed by atoms with Gasteiger partial charge in [-0.1, -0.05) is 34.1 Å². The Hall–Kier alpha value is -1.98. The Balaban J connectivity index is 1.53. The van der Waals surface area contributed by atoms with Gasteiger partial charge in [-0.05, 0) is 42.7 Å². The molecule has 2 aromatic heterocycles. The van der Waals surface area contributed by atoms with Crippen LogP contribution in [0.1, 0.15) is 35.0 Å². The lowest BCUT2D eigenvalue weighted by molar-refractivity contribution is 0.524. The van der Waals surface area contributed by atoms with Gasteiger partial charge in [0, 0.05) is 53.2 Å². The van der Waals surface area contributed by atoms with E-state index in [1.54, 1.807) is 0 Å². The maximum Gasteiger partial charge on any atom is 0.0537 e. The van der Waals surface area contributed by atoms with E-state index >= 15 is 0 Å². The molecule has 1 unspecified atom stereocenters. The number of hydrogen-bond donors (Lipinski definition) is 1. The van der Waals surface area contributed by atoms with Gasteiger partial charge in [-0.3, -0.25) is 9.67 Å². The molecular weight excluding hydrogens is 376 g/mol. The van der Waals surface area contributed by atoms with Crippen molar-refractivity contribution in [1.82, 2.24) is 20.1 Å². The van der Waals surface area contributed by atoms with Crippen molar-refractivity contribution in [3.8, 4) is 0 Å². The Morgan fingerprint density at radius 1 is 1.16 bits per heavy atom. The molecule has 1 aliphatic rings. The summed E-state index contributed by atoms with van der Waals surface area (Å²) in [5.74, 6) is 0. The zero-order chi connectivity index (χ0) is 17.1. The van der Waals surface area contributed by atoms with Crippen LogP contribution < -0.4 is 5.32 Å². The molecule has 0 bridgehead atoms. The highest BCUT2D eigenvalue weighted by atomic mass is 79.9. The fraction of sp³-hybridized carbons (Fsp3) is 0.300. The first-order valence-electron chi connectivity index (χ1n) is 8.72. The first-order valence-corrected chi connectivity index (χ1v) is 9.51. The van der Waals surface area contributed by atoms with E-state index in [1.165, 1.54) is 23.2 Å². The van der Waals surface area contributed by atoms with Crippen LogP contribution in [0.4, 0.5) is 0 Å². The molecule has 3 heterocycles. The molecule has 0 spiro atoms. The normalized spacial score (nSPS) is 14.4. The number of halogens is 1. The third-order valence-electron chi connectivity index (χ3n) is 4.77. The predicted octanol–water partition coefficient (Wildman–Crippen LogP) is 4.06. The number of aromatic nitrogens is 3. The summed E-state index contributed by atoms with van der Waals surface area (Å²) in [6.07, 6.45) is 7.09. The molecule has 1 N–H and O–H groups in total. The summed E-state index contributed by atoms with van der Waals surface area (Å²) in [5.41, 5.74) is 5.08. The molecule has 25 heavy (non-hydrogen) atoms. The van der Waals surface area contributed by atoms with Crippen molar-refractivity contribution >= 4 is 15.9 Å². The van der Waals surface area contributed by atoms with Crippen molar-refractivity contribution in [3.05, 3.63) is 81.8 Å². The molecule has 1 atom stereocenters. The van der Waals surface area contributed by atoms with E-state index in [-0.39, 0.29) is 6.04 Å². The molecule has 3 aromatic rings. The number of benzene rings is 1. The molecule has 5 heteroatoms. The quantitative estimate of drug-likeness (QED) is 0.682. The molecule has 0 aliphatic carbocycles. The van der Waals surface area contributed by atoms with Crippen LogP contribution in [0.2, 0.25) is 0 Å². The van der Waals surface area contributed by atoms with Crippen molar-refractivity contribution in [2.75, 3.05) is 0 Å². The van der Waals surface area contributed by atoms with Crippen LogP contribution in [0.3, 0.4) is 0 Å². The van der Waals surface area contributed by atoms with Crippen LogP contribution in [0, 0.1) is 0 Å². The fourth-order valence-corrected chi connectivity index (χ4v) is 3.70. The summed E-state index contributed by atoms with van der Waals surface area (Å²) in [5, 5.41) is 8.23. The highest BCUT2D eigenvalue weighted by Gasteiger charge is 2.18. The standard InChI is InChI=1S/C20H21BrN4/c21-17-8-6-15(7-9-17)19(12-18-4-1-2-10-22-18)23-13-16-14-24-25-11-3-5-20(16)25/h1-2,4,6-10,14,19,23H,3,5,11-13H2. The Morgan fingerprint density at radius 2 is 2.04 bits per heavy atom. The maximum atomic E-state index is 4.50. The summed E-state index contributed by atoms with van der Waals surface area (Å²) < 4.78 is 3.24. The summed E-state index contributed by atoms with van der Waals surface area (Å²) in [6, 6.07) is 14.9. The van der Waals surface area contributed by atoms with E-state index in [1.807, 2.05) is 24.5 Å². The van der Waals surface area contributed by atoms with Crippen LogP contribution in [-0.4, -0.2) is 14.8 Å². The second-order valence-corrected chi connectivity index (χ2v) is 7.37. The van der Waals surface area contributed by atoms with E-state index in [2.05, 4.69) is 66.3 Å². The second-order valence-electron chi connectivity index (χ2n) is 6.45. The Kier molecular flexibility index (Phi) is 4.95. The molecule has 0 fully saturated rings. The number of hydrogen-bond acceptors (Lipinski definition) is 3. The first-order chi connectivity index (χ1) is 12.3. The van der Waals surface area contributed by atoms with E-state index in [9.17, 15) is 0 Å².